The fraction of sp³-hybridized carbons (Fsp3) is 0.250. The van der Waals surface area contributed by atoms with Crippen molar-refractivity contribution in [1.29, 1.82) is 0 Å². The highest BCUT2D eigenvalue weighted by atomic mass is 16.7. The lowest BCUT2D eigenvalue weighted by atomic mass is 10.4. The third kappa shape index (κ3) is 1.16. The minimum absolute atomic E-state index is 0.0336. The van der Waals surface area contributed by atoms with Gasteiger partial charge in [0.1, 0.15) is 0 Å². The van der Waals surface area contributed by atoms with Crippen molar-refractivity contribution in [3.05, 3.63) is 24.4 Å². The molecule has 0 unspecified atom stereocenters. The zero-order chi connectivity index (χ0) is 8.39. The Morgan fingerprint density at radius 3 is 3.00 bits per heavy atom. The second-order valence-corrected chi connectivity index (χ2v) is 2.46. The van der Waals surface area contributed by atoms with Crippen LogP contribution in [0.1, 0.15) is 6.42 Å². The van der Waals surface area contributed by atoms with E-state index in [0.29, 0.717) is 18.8 Å². The maximum absolute atomic E-state index is 11.1. The third-order valence-electron chi connectivity index (χ3n) is 1.62. The molecule has 0 aliphatic carbocycles. The van der Waals surface area contributed by atoms with E-state index in [2.05, 4.69) is 4.98 Å². The first kappa shape index (κ1) is 7.24. The van der Waals surface area contributed by atoms with Gasteiger partial charge in [0.15, 0.2) is 5.82 Å². The molecule has 1 amide bonds. The first-order chi connectivity index (χ1) is 5.88. The number of aromatic nitrogens is 1. The SMILES string of the molecule is O=C1CCON1c1ccccn1. The Bertz CT molecular complexity index is 286. The van der Waals surface area contributed by atoms with Gasteiger partial charge in [-0.05, 0) is 12.1 Å². The van der Waals surface area contributed by atoms with Crippen LogP contribution in [0.25, 0.3) is 0 Å². The maximum atomic E-state index is 11.1. The fourth-order valence-electron chi connectivity index (χ4n) is 1.07. The van der Waals surface area contributed by atoms with Crippen LogP contribution >= 0.6 is 0 Å². The molecule has 0 N–H and O–H groups in total. The van der Waals surface area contributed by atoms with Crippen molar-refractivity contribution in [2.24, 2.45) is 0 Å². The van der Waals surface area contributed by atoms with E-state index in [-0.39, 0.29) is 5.91 Å². The van der Waals surface area contributed by atoms with Crippen LogP contribution in [0.2, 0.25) is 0 Å². The zero-order valence-corrected chi connectivity index (χ0v) is 6.43. The van der Waals surface area contributed by atoms with Crippen LogP contribution in [-0.4, -0.2) is 17.5 Å². The molecule has 2 rings (SSSR count). The molecule has 1 aromatic rings. The summed E-state index contributed by atoms with van der Waals surface area (Å²) in [6.45, 7) is 0.454. The molecule has 1 fully saturated rings. The molecule has 0 atom stereocenters. The number of hydroxylamine groups is 1. The summed E-state index contributed by atoms with van der Waals surface area (Å²) in [5, 5.41) is 1.24. The van der Waals surface area contributed by atoms with Crippen LogP contribution in [0, 0.1) is 0 Å². The van der Waals surface area contributed by atoms with E-state index in [4.69, 9.17) is 4.84 Å². The average Bonchev–Trinajstić information content (AvgIpc) is 2.53. The summed E-state index contributed by atoms with van der Waals surface area (Å²) in [7, 11) is 0. The Hall–Kier alpha value is -1.42. The highest BCUT2D eigenvalue weighted by molar-refractivity contribution is 5.91. The largest absolute Gasteiger partial charge is 0.272 e. The van der Waals surface area contributed by atoms with Gasteiger partial charge >= 0.3 is 0 Å². The molecule has 12 heavy (non-hydrogen) atoms. The number of rotatable bonds is 1. The van der Waals surface area contributed by atoms with Gasteiger partial charge in [0.25, 0.3) is 5.91 Å². The quantitative estimate of drug-likeness (QED) is 0.615. The van der Waals surface area contributed by atoms with Gasteiger partial charge in [-0.3, -0.25) is 9.63 Å². The molecule has 0 spiro atoms. The second-order valence-electron chi connectivity index (χ2n) is 2.46. The number of anilines is 1. The van der Waals surface area contributed by atoms with Gasteiger partial charge in [0, 0.05) is 6.20 Å². The summed E-state index contributed by atoms with van der Waals surface area (Å²) in [5.74, 6) is 0.522. The lowest BCUT2D eigenvalue weighted by Gasteiger charge is -2.11. The molecular weight excluding hydrogens is 156 g/mol. The summed E-state index contributed by atoms with van der Waals surface area (Å²) in [6.07, 6.45) is 2.07. The smallest absolute Gasteiger partial charge is 0.254 e. The predicted octanol–water partition coefficient (Wildman–Crippen LogP) is 0.750. The lowest BCUT2D eigenvalue weighted by Crippen LogP contribution is -2.22. The molecule has 0 saturated carbocycles. The number of hydrogen-bond donors (Lipinski definition) is 0. The highest BCUT2D eigenvalue weighted by Gasteiger charge is 2.23. The third-order valence-corrected chi connectivity index (χ3v) is 1.62. The Labute approximate surface area is 69.7 Å². The highest BCUT2D eigenvalue weighted by Crippen LogP contribution is 2.15. The van der Waals surface area contributed by atoms with Crippen molar-refractivity contribution in [3.8, 4) is 0 Å². The minimum Gasteiger partial charge on any atom is -0.272 e. The summed E-state index contributed by atoms with van der Waals surface area (Å²) >= 11 is 0. The molecule has 0 aromatic carbocycles. The topological polar surface area (TPSA) is 42.4 Å². The minimum atomic E-state index is -0.0336. The molecule has 1 saturated heterocycles. The van der Waals surface area contributed by atoms with Crippen molar-refractivity contribution in [3.63, 3.8) is 0 Å². The molecule has 0 radical (unpaired) electrons. The number of carbonyl (C=O) groups is 1. The van der Waals surface area contributed by atoms with E-state index in [1.807, 2.05) is 6.07 Å². The van der Waals surface area contributed by atoms with E-state index in [1.54, 1.807) is 18.3 Å². The van der Waals surface area contributed by atoms with Gasteiger partial charge in [-0.2, -0.15) is 5.06 Å². The Morgan fingerprint density at radius 1 is 1.50 bits per heavy atom. The normalized spacial score (nSPS) is 17.0. The standard InChI is InChI=1S/C8H8N2O2/c11-8-4-6-12-10(8)7-3-1-2-5-9-7/h1-3,5H,4,6H2. The maximum Gasteiger partial charge on any atom is 0.254 e. The summed E-state index contributed by atoms with van der Waals surface area (Å²) < 4.78 is 0. The van der Waals surface area contributed by atoms with Gasteiger partial charge in [0.05, 0.1) is 13.0 Å². The summed E-state index contributed by atoms with van der Waals surface area (Å²) in [5.41, 5.74) is 0. The first-order valence-corrected chi connectivity index (χ1v) is 3.75. The Kier molecular flexibility index (Phi) is 1.75. The van der Waals surface area contributed by atoms with Gasteiger partial charge in [-0.1, -0.05) is 6.07 Å². The molecule has 1 aromatic heterocycles. The lowest BCUT2D eigenvalue weighted by molar-refractivity contribution is -0.119. The number of nitrogens with zero attached hydrogens (tertiary/aromatic N) is 2. The average molecular weight is 164 g/mol. The molecule has 1 aliphatic rings. The van der Waals surface area contributed by atoms with E-state index < -0.39 is 0 Å². The summed E-state index contributed by atoms with van der Waals surface area (Å²) in [4.78, 5) is 20.2. The van der Waals surface area contributed by atoms with Gasteiger partial charge in [0.2, 0.25) is 0 Å². The van der Waals surface area contributed by atoms with Gasteiger partial charge in [-0.15, -0.1) is 0 Å². The van der Waals surface area contributed by atoms with Crippen LogP contribution in [0.3, 0.4) is 0 Å². The van der Waals surface area contributed by atoms with Crippen LogP contribution in [0.4, 0.5) is 5.82 Å². The summed E-state index contributed by atoms with van der Waals surface area (Å²) in [6, 6.07) is 5.35. The molecule has 1 aliphatic heterocycles. The van der Waals surface area contributed by atoms with E-state index in [0.717, 1.165) is 0 Å². The van der Waals surface area contributed by atoms with Crippen molar-refractivity contribution < 1.29 is 9.63 Å². The molecule has 62 valence electrons. The Balaban J connectivity index is 2.25. The number of amides is 1. The molecule has 4 heteroatoms. The molecule has 2 heterocycles. The zero-order valence-electron chi connectivity index (χ0n) is 6.43. The van der Waals surface area contributed by atoms with Crippen LogP contribution in [0.15, 0.2) is 24.4 Å². The fourth-order valence-corrected chi connectivity index (χ4v) is 1.07. The van der Waals surface area contributed by atoms with Gasteiger partial charge < -0.3 is 0 Å². The molecule has 4 nitrogen and oxygen atoms in total. The second kappa shape index (κ2) is 2.91. The number of carbonyl (C=O) groups excluding carboxylic acids is 1. The van der Waals surface area contributed by atoms with Crippen LogP contribution < -0.4 is 5.06 Å². The first-order valence-electron chi connectivity index (χ1n) is 3.75. The van der Waals surface area contributed by atoms with Gasteiger partial charge in [-0.25, -0.2) is 4.98 Å². The molecule has 0 bridgehead atoms. The molecular formula is C8H8N2O2. The monoisotopic (exact) mass is 164 g/mol. The van der Waals surface area contributed by atoms with Crippen LogP contribution in [-0.2, 0) is 9.63 Å². The Morgan fingerprint density at radius 2 is 2.42 bits per heavy atom. The van der Waals surface area contributed by atoms with E-state index in [1.165, 1.54) is 5.06 Å². The van der Waals surface area contributed by atoms with Crippen LogP contribution in [0.5, 0.6) is 0 Å². The van der Waals surface area contributed by atoms with Crippen molar-refractivity contribution >= 4 is 11.7 Å². The van der Waals surface area contributed by atoms with E-state index in [9.17, 15) is 4.79 Å². The predicted molar refractivity (Wildman–Crippen MR) is 42.3 cm³/mol. The van der Waals surface area contributed by atoms with E-state index >= 15 is 0 Å². The van der Waals surface area contributed by atoms with Crippen molar-refractivity contribution in [2.75, 3.05) is 11.7 Å². The number of hydrogen-bond acceptors (Lipinski definition) is 3. The number of pyridine rings is 1. The van der Waals surface area contributed by atoms with Crippen molar-refractivity contribution in [1.82, 2.24) is 4.98 Å². The van der Waals surface area contributed by atoms with Crippen molar-refractivity contribution in [2.45, 2.75) is 6.42 Å².